The van der Waals surface area contributed by atoms with Crippen LogP contribution in [0.5, 0.6) is 0 Å². The summed E-state index contributed by atoms with van der Waals surface area (Å²) >= 11 is 0. The van der Waals surface area contributed by atoms with E-state index in [4.69, 9.17) is 0 Å². The lowest BCUT2D eigenvalue weighted by Crippen LogP contribution is -2.48. The molecule has 1 fully saturated rings. The van der Waals surface area contributed by atoms with Gasteiger partial charge < -0.3 is 14.8 Å². The van der Waals surface area contributed by atoms with Gasteiger partial charge in [-0.15, -0.1) is 0 Å². The van der Waals surface area contributed by atoms with E-state index in [-0.39, 0.29) is 23.1 Å². The molecule has 0 aromatic carbocycles. The summed E-state index contributed by atoms with van der Waals surface area (Å²) in [4.78, 5) is 30.5. The van der Waals surface area contributed by atoms with Crippen LogP contribution in [0.4, 0.5) is 0 Å². The average Bonchev–Trinajstić information content (AvgIpc) is 3.03. The molecule has 0 aliphatic carbocycles. The van der Waals surface area contributed by atoms with Crippen LogP contribution >= 0.6 is 0 Å². The average molecular weight is 320 g/mol. The topological polar surface area (TPSA) is 67.2 Å². The Balaban J connectivity index is 1.74. The monoisotopic (exact) mass is 320 g/mol. The summed E-state index contributed by atoms with van der Waals surface area (Å²) < 4.78 is 2.00. The molecule has 1 aromatic heterocycles. The third-order valence-electron chi connectivity index (χ3n) is 4.17. The van der Waals surface area contributed by atoms with Crippen LogP contribution in [0.25, 0.3) is 0 Å². The summed E-state index contributed by atoms with van der Waals surface area (Å²) in [6.07, 6.45) is 8.08. The van der Waals surface area contributed by atoms with Crippen molar-refractivity contribution in [3.8, 4) is 0 Å². The predicted molar refractivity (Wildman–Crippen MR) is 88.6 cm³/mol. The Morgan fingerprint density at radius 1 is 1.35 bits per heavy atom. The van der Waals surface area contributed by atoms with Crippen LogP contribution in [-0.4, -0.2) is 45.9 Å². The molecule has 128 valence electrons. The van der Waals surface area contributed by atoms with Crippen molar-refractivity contribution in [2.75, 3.05) is 19.6 Å². The Morgan fingerprint density at radius 3 is 2.78 bits per heavy atom. The van der Waals surface area contributed by atoms with E-state index in [1.807, 2.05) is 36.4 Å². The van der Waals surface area contributed by atoms with Crippen molar-refractivity contribution in [2.24, 2.45) is 11.3 Å². The normalized spacial score (nSPS) is 18.7. The van der Waals surface area contributed by atoms with Crippen LogP contribution < -0.4 is 5.32 Å². The Bertz CT molecular complexity index is 519. The standard InChI is InChI=1S/C17H28N4O2/c1-17(2,3)16(23)21-10-4-6-14(12-21)15(22)19-7-5-9-20-11-8-18-13-20/h8,11,13-14H,4-7,9-10,12H2,1-3H3,(H,19,22). The molecule has 1 atom stereocenters. The largest absolute Gasteiger partial charge is 0.356 e. The molecule has 6 nitrogen and oxygen atoms in total. The molecule has 1 aliphatic rings. The first kappa shape index (κ1) is 17.5. The van der Waals surface area contributed by atoms with E-state index in [0.717, 1.165) is 32.4 Å². The molecule has 0 bridgehead atoms. The van der Waals surface area contributed by atoms with Gasteiger partial charge in [-0.1, -0.05) is 20.8 Å². The number of amides is 2. The number of piperidine rings is 1. The maximum absolute atomic E-state index is 12.4. The summed E-state index contributed by atoms with van der Waals surface area (Å²) in [5, 5.41) is 3.00. The van der Waals surface area contributed by atoms with Crippen molar-refractivity contribution in [2.45, 2.75) is 46.6 Å². The van der Waals surface area contributed by atoms with E-state index in [1.54, 1.807) is 12.5 Å². The van der Waals surface area contributed by atoms with Gasteiger partial charge in [0.1, 0.15) is 0 Å². The highest BCUT2D eigenvalue weighted by atomic mass is 16.2. The number of nitrogens with one attached hydrogen (secondary N) is 1. The van der Waals surface area contributed by atoms with Crippen molar-refractivity contribution < 1.29 is 9.59 Å². The molecule has 1 aromatic rings. The van der Waals surface area contributed by atoms with Gasteiger partial charge in [0, 0.05) is 44.0 Å². The van der Waals surface area contributed by atoms with Crippen LogP contribution in [0, 0.1) is 11.3 Å². The van der Waals surface area contributed by atoms with E-state index in [0.29, 0.717) is 13.1 Å². The zero-order valence-electron chi connectivity index (χ0n) is 14.4. The molecule has 23 heavy (non-hydrogen) atoms. The fourth-order valence-electron chi connectivity index (χ4n) is 2.89. The minimum absolute atomic E-state index is 0.0713. The fraction of sp³-hybridized carbons (Fsp3) is 0.706. The van der Waals surface area contributed by atoms with Gasteiger partial charge in [0.15, 0.2) is 0 Å². The Morgan fingerprint density at radius 2 is 2.13 bits per heavy atom. The van der Waals surface area contributed by atoms with E-state index < -0.39 is 0 Å². The van der Waals surface area contributed by atoms with Crippen molar-refractivity contribution >= 4 is 11.8 Å². The van der Waals surface area contributed by atoms with Crippen molar-refractivity contribution in [3.05, 3.63) is 18.7 Å². The van der Waals surface area contributed by atoms with E-state index in [2.05, 4.69) is 10.3 Å². The number of aryl methyl sites for hydroxylation is 1. The molecule has 1 saturated heterocycles. The van der Waals surface area contributed by atoms with Gasteiger partial charge in [-0.2, -0.15) is 0 Å². The minimum atomic E-state index is -0.386. The summed E-state index contributed by atoms with van der Waals surface area (Å²) in [6, 6.07) is 0. The van der Waals surface area contributed by atoms with Gasteiger partial charge in [-0.25, -0.2) is 4.98 Å². The van der Waals surface area contributed by atoms with E-state index >= 15 is 0 Å². The number of carbonyl (C=O) groups is 2. The summed E-state index contributed by atoms with van der Waals surface area (Å²) in [5.41, 5.74) is -0.386. The van der Waals surface area contributed by atoms with Crippen molar-refractivity contribution in [3.63, 3.8) is 0 Å². The number of carbonyl (C=O) groups excluding carboxylic acids is 2. The second-order valence-electron chi connectivity index (χ2n) is 7.29. The Labute approximate surface area is 138 Å². The van der Waals surface area contributed by atoms with Crippen LogP contribution in [0.15, 0.2) is 18.7 Å². The van der Waals surface area contributed by atoms with Gasteiger partial charge >= 0.3 is 0 Å². The fourth-order valence-corrected chi connectivity index (χ4v) is 2.89. The van der Waals surface area contributed by atoms with Crippen LogP contribution in [0.1, 0.15) is 40.0 Å². The molecule has 0 radical (unpaired) electrons. The van der Waals surface area contributed by atoms with Crippen LogP contribution in [-0.2, 0) is 16.1 Å². The maximum Gasteiger partial charge on any atom is 0.227 e. The summed E-state index contributed by atoms with van der Waals surface area (Å²) in [5.74, 6) is 0.125. The molecule has 0 spiro atoms. The highest BCUT2D eigenvalue weighted by Gasteiger charge is 2.33. The highest BCUT2D eigenvalue weighted by Crippen LogP contribution is 2.23. The van der Waals surface area contributed by atoms with Gasteiger partial charge in [0.05, 0.1) is 12.2 Å². The zero-order valence-corrected chi connectivity index (χ0v) is 14.4. The van der Waals surface area contributed by atoms with E-state index in [9.17, 15) is 9.59 Å². The first-order valence-corrected chi connectivity index (χ1v) is 8.41. The van der Waals surface area contributed by atoms with Crippen molar-refractivity contribution in [1.82, 2.24) is 19.8 Å². The Kier molecular flexibility index (Phi) is 5.80. The summed E-state index contributed by atoms with van der Waals surface area (Å²) in [6.45, 7) is 8.59. The smallest absolute Gasteiger partial charge is 0.227 e. The zero-order chi connectivity index (χ0) is 16.9. The number of aromatic nitrogens is 2. The first-order chi connectivity index (χ1) is 10.9. The predicted octanol–water partition coefficient (Wildman–Crippen LogP) is 1.67. The van der Waals surface area contributed by atoms with Crippen LogP contribution in [0.2, 0.25) is 0 Å². The van der Waals surface area contributed by atoms with Gasteiger partial charge in [0.25, 0.3) is 0 Å². The molecule has 1 N–H and O–H groups in total. The van der Waals surface area contributed by atoms with Crippen LogP contribution in [0.3, 0.4) is 0 Å². The number of rotatable bonds is 5. The van der Waals surface area contributed by atoms with Crippen molar-refractivity contribution in [1.29, 1.82) is 0 Å². The second kappa shape index (κ2) is 7.62. The van der Waals surface area contributed by atoms with Gasteiger partial charge in [-0.3, -0.25) is 9.59 Å². The van der Waals surface area contributed by atoms with E-state index in [1.165, 1.54) is 0 Å². The Hall–Kier alpha value is -1.85. The molecular formula is C17H28N4O2. The number of hydrogen-bond donors (Lipinski definition) is 1. The first-order valence-electron chi connectivity index (χ1n) is 8.41. The molecule has 2 rings (SSSR count). The lowest BCUT2D eigenvalue weighted by Gasteiger charge is -2.35. The van der Waals surface area contributed by atoms with Gasteiger partial charge in [-0.05, 0) is 19.3 Å². The number of likely N-dealkylation sites (tertiary alicyclic amines) is 1. The lowest BCUT2D eigenvalue weighted by molar-refractivity contribution is -0.142. The molecule has 2 amide bonds. The van der Waals surface area contributed by atoms with Gasteiger partial charge in [0.2, 0.25) is 11.8 Å². The molecule has 2 heterocycles. The molecule has 6 heteroatoms. The number of nitrogens with zero attached hydrogens (tertiary/aromatic N) is 3. The minimum Gasteiger partial charge on any atom is -0.356 e. The SMILES string of the molecule is CC(C)(C)C(=O)N1CCCC(C(=O)NCCCn2ccnc2)C1. The third kappa shape index (κ3) is 5.08. The highest BCUT2D eigenvalue weighted by molar-refractivity contribution is 5.83. The quantitative estimate of drug-likeness (QED) is 0.839. The lowest BCUT2D eigenvalue weighted by atomic mass is 9.91. The molecule has 1 aliphatic heterocycles. The third-order valence-corrected chi connectivity index (χ3v) is 4.17. The molecule has 1 unspecified atom stereocenters. The summed E-state index contributed by atoms with van der Waals surface area (Å²) in [7, 11) is 0. The maximum atomic E-state index is 12.4. The number of imidazole rings is 1. The molecular weight excluding hydrogens is 292 g/mol. The second-order valence-corrected chi connectivity index (χ2v) is 7.29. The number of hydrogen-bond acceptors (Lipinski definition) is 3. The molecule has 0 saturated carbocycles.